The third kappa shape index (κ3) is 2.89. The summed E-state index contributed by atoms with van der Waals surface area (Å²) in [7, 11) is 0. The molecule has 0 bridgehead atoms. The molecule has 1 saturated carbocycles. The summed E-state index contributed by atoms with van der Waals surface area (Å²) in [6, 6.07) is 4.53. The maximum absolute atomic E-state index is 12.3. The van der Waals surface area contributed by atoms with Crippen molar-refractivity contribution in [2.75, 3.05) is 11.9 Å². The van der Waals surface area contributed by atoms with Crippen molar-refractivity contribution in [1.82, 2.24) is 5.32 Å². The number of nitrogens with one attached hydrogen (secondary N) is 2. The highest BCUT2D eigenvalue weighted by Crippen LogP contribution is 2.32. The summed E-state index contributed by atoms with van der Waals surface area (Å²) in [6.07, 6.45) is 2.91. The lowest BCUT2D eigenvalue weighted by Gasteiger charge is -2.39. The Balaban J connectivity index is 2.28. The van der Waals surface area contributed by atoms with Crippen molar-refractivity contribution in [3.05, 3.63) is 33.9 Å². The van der Waals surface area contributed by atoms with Gasteiger partial charge in [-0.25, -0.2) is 0 Å². The minimum Gasteiger partial charge on any atom is -0.385 e. The molecule has 20 heavy (non-hydrogen) atoms. The molecule has 0 spiro atoms. The van der Waals surface area contributed by atoms with Crippen LogP contribution in [0.25, 0.3) is 0 Å². The van der Waals surface area contributed by atoms with Crippen LogP contribution in [0.15, 0.2) is 18.2 Å². The van der Waals surface area contributed by atoms with E-state index in [-0.39, 0.29) is 22.7 Å². The van der Waals surface area contributed by atoms with Gasteiger partial charge in [0.15, 0.2) is 0 Å². The van der Waals surface area contributed by atoms with Gasteiger partial charge < -0.3 is 10.6 Å². The Labute approximate surface area is 117 Å². The molecular formula is C14H19N3O3. The van der Waals surface area contributed by atoms with Crippen molar-refractivity contribution in [2.45, 2.75) is 38.6 Å². The summed E-state index contributed by atoms with van der Waals surface area (Å²) < 4.78 is 0. The zero-order valence-electron chi connectivity index (χ0n) is 11.7. The molecule has 1 fully saturated rings. The smallest absolute Gasteiger partial charge is 0.282 e. The molecule has 108 valence electrons. The highest BCUT2D eigenvalue weighted by Gasteiger charge is 2.34. The van der Waals surface area contributed by atoms with Crippen LogP contribution >= 0.6 is 0 Å². The van der Waals surface area contributed by atoms with Crippen LogP contribution in [0.1, 0.15) is 43.5 Å². The second kappa shape index (κ2) is 5.48. The van der Waals surface area contributed by atoms with E-state index >= 15 is 0 Å². The van der Waals surface area contributed by atoms with E-state index in [4.69, 9.17) is 0 Å². The van der Waals surface area contributed by atoms with E-state index in [1.807, 2.05) is 13.8 Å². The lowest BCUT2D eigenvalue weighted by atomic mass is 9.78. The van der Waals surface area contributed by atoms with Gasteiger partial charge in [-0.15, -0.1) is 0 Å². The van der Waals surface area contributed by atoms with E-state index in [1.165, 1.54) is 6.07 Å². The number of nitro benzene ring substituents is 1. The van der Waals surface area contributed by atoms with Crippen LogP contribution in [0.2, 0.25) is 0 Å². The third-order valence-corrected chi connectivity index (χ3v) is 3.69. The molecule has 1 aromatic rings. The Kier molecular flexibility index (Phi) is 3.92. The van der Waals surface area contributed by atoms with Crippen molar-refractivity contribution < 1.29 is 9.72 Å². The fourth-order valence-corrected chi connectivity index (χ4v) is 2.36. The topological polar surface area (TPSA) is 84.3 Å². The Morgan fingerprint density at radius 2 is 2.15 bits per heavy atom. The largest absolute Gasteiger partial charge is 0.385 e. The molecule has 6 nitrogen and oxygen atoms in total. The van der Waals surface area contributed by atoms with Gasteiger partial charge in [0, 0.05) is 23.8 Å². The Morgan fingerprint density at radius 3 is 2.65 bits per heavy atom. The molecule has 1 aliphatic rings. The maximum atomic E-state index is 12.3. The molecule has 0 saturated heterocycles. The average molecular weight is 277 g/mol. The summed E-state index contributed by atoms with van der Waals surface area (Å²) in [5.41, 5.74) is 0.440. The summed E-state index contributed by atoms with van der Waals surface area (Å²) in [5, 5.41) is 17.0. The van der Waals surface area contributed by atoms with Crippen LogP contribution < -0.4 is 10.6 Å². The summed E-state index contributed by atoms with van der Waals surface area (Å²) >= 11 is 0. The Morgan fingerprint density at radius 1 is 1.45 bits per heavy atom. The number of carbonyl (C=O) groups is 1. The number of hydrogen-bond donors (Lipinski definition) is 2. The van der Waals surface area contributed by atoms with Gasteiger partial charge in [0.25, 0.3) is 11.6 Å². The minimum absolute atomic E-state index is 0.113. The van der Waals surface area contributed by atoms with E-state index in [1.54, 1.807) is 12.1 Å². The Bertz CT molecular complexity index is 538. The number of nitrogens with zero attached hydrogens (tertiary/aromatic N) is 1. The van der Waals surface area contributed by atoms with Gasteiger partial charge in [0.05, 0.1) is 4.92 Å². The van der Waals surface area contributed by atoms with Crippen molar-refractivity contribution >= 4 is 17.3 Å². The number of benzene rings is 1. The predicted molar refractivity (Wildman–Crippen MR) is 77.0 cm³/mol. The van der Waals surface area contributed by atoms with E-state index in [2.05, 4.69) is 10.6 Å². The third-order valence-electron chi connectivity index (χ3n) is 3.69. The molecule has 1 aliphatic carbocycles. The summed E-state index contributed by atoms with van der Waals surface area (Å²) in [6.45, 7) is 4.58. The second-order valence-electron chi connectivity index (χ2n) is 5.39. The van der Waals surface area contributed by atoms with E-state index in [0.29, 0.717) is 12.2 Å². The van der Waals surface area contributed by atoms with Gasteiger partial charge in [-0.1, -0.05) is 0 Å². The average Bonchev–Trinajstić information content (AvgIpc) is 2.36. The fraction of sp³-hybridized carbons (Fsp3) is 0.500. The van der Waals surface area contributed by atoms with Gasteiger partial charge in [0.1, 0.15) is 5.56 Å². The van der Waals surface area contributed by atoms with Gasteiger partial charge in [-0.3, -0.25) is 14.9 Å². The van der Waals surface area contributed by atoms with Crippen LogP contribution in [0.4, 0.5) is 11.4 Å². The fourth-order valence-electron chi connectivity index (χ4n) is 2.36. The molecule has 0 aliphatic heterocycles. The molecule has 0 unspecified atom stereocenters. The normalized spacial score (nSPS) is 16.1. The quantitative estimate of drug-likeness (QED) is 0.640. The molecule has 0 heterocycles. The summed E-state index contributed by atoms with van der Waals surface area (Å²) in [4.78, 5) is 22.8. The molecular weight excluding hydrogens is 258 g/mol. The Hall–Kier alpha value is -2.11. The molecule has 1 amide bonds. The van der Waals surface area contributed by atoms with Crippen LogP contribution in [0, 0.1) is 10.1 Å². The van der Waals surface area contributed by atoms with Gasteiger partial charge in [-0.2, -0.15) is 0 Å². The molecule has 0 radical (unpaired) electrons. The lowest BCUT2D eigenvalue weighted by molar-refractivity contribution is -0.385. The first kappa shape index (κ1) is 14.3. The second-order valence-corrected chi connectivity index (χ2v) is 5.39. The summed E-state index contributed by atoms with van der Waals surface area (Å²) in [5.74, 6) is -0.376. The van der Waals surface area contributed by atoms with Gasteiger partial charge >= 0.3 is 0 Å². The molecule has 1 aromatic carbocycles. The molecule has 2 N–H and O–H groups in total. The van der Waals surface area contributed by atoms with Gasteiger partial charge in [-0.05, 0) is 45.2 Å². The standard InChI is InChI=1S/C14H19N3O3/c1-3-15-10-5-6-12(17(19)20)11(9-10)13(18)16-14(2)7-4-8-14/h5-6,9,15H,3-4,7-8H2,1-2H3,(H,16,18). The minimum atomic E-state index is -0.520. The number of hydrogen-bond acceptors (Lipinski definition) is 4. The number of nitro groups is 1. The van der Waals surface area contributed by atoms with Crippen molar-refractivity contribution in [3.63, 3.8) is 0 Å². The highest BCUT2D eigenvalue weighted by molar-refractivity contribution is 5.99. The molecule has 0 aromatic heterocycles. The monoisotopic (exact) mass is 277 g/mol. The number of amides is 1. The van der Waals surface area contributed by atoms with Crippen molar-refractivity contribution in [2.24, 2.45) is 0 Å². The van der Waals surface area contributed by atoms with E-state index in [9.17, 15) is 14.9 Å². The van der Waals surface area contributed by atoms with E-state index in [0.717, 1.165) is 19.3 Å². The van der Waals surface area contributed by atoms with Crippen molar-refractivity contribution in [3.8, 4) is 0 Å². The van der Waals surface area contributed by atoms with Crippen molar-refractivity contribution in [1.29, 1.82) is 0 Å². The predicted octanol–water partition coefficient (Wildman–Crippen LogP) is 2.70. The van der Waals surface area contributed by atoms with Crippen LogP contribution in [0.3, 0.4) is 0 Å². The molecule has 0 atom stereocenters. The maximum Gasteiger partial charge on any atom is 0.282 e. The number of rotatable bonds is 5. The first-order valence-corrected chi connectivity index (χ1v) is 6.80. The molecule has 6 heteroatoms. The first-order valence-electron chi connectivity index (χ1n) is 6.80. The zero-order chi connectivity index (χ0) is 14.8. The zero-order valence-corrected chi connectivity index (χ0v) is 11.7. The van der Waals surface area contributed by atoms with Crippen LogP contribution in [-0.4, -0.2) is 22.9 Å². The van der Waals surface area contributed by atoms with E-state index < -0.39 is 4.92 Å². The van der Waals surface area contributed by atoms with Crippen LogP contribution in [0.5, 0.6) is 0 Å². The number of anilines is 1. The molecule has 2 rings (SSSR count). The first-order chi connectivity index (χ1) is 9.45. The number of carbonyl (C=O) groups excluding carboxylic acids is 1. The highest BCUT2D eigenvalue weighted by atomic mass is 16.6. The van der Waals surface area contributed by atoms with Gasteiger partial charge in [0.2, 0.25) is 0 Å². The SMILES string of the molecule is CCNc1ccc([N+](=O)[O-])c(C(=O)NC2(C)CCC2)c1. The van der Waals surface area contributed by atoms with Crippen LogP contribution in [-0.2, 0) is 0 Å². The lowest BCUT2D eigenvalue weighted by Crippen LogP contribution is -2.51.